The summed E-state index contributed by atoms with van der Waals surface area (Å²) in [6, 6.07) is 15.9. The lowest BCUT2D eigenvalue weighted by Crippen LogP contribution is -2.29. The Morgan fingerprint density at radius 2 is 1.77 bits per heavy atom. The lowest BCUT2D eigenvalue weighted by Gasteiger charge is -2.25. The molecule has 3 aromatic rings. The van der Waals surface area contributed by atoms with Gasteiger partial charge in [0.05, 0.1) is 17.7 Å². The minimum absolute atomic E-state index is 0.0483. The van der Waals surface area contributed by atoms with E-state index in [1.165, 1.54) is 11.8 Å². The fraction of sp³-hybridized carbons (Fsp3) is 0.185. The maximum Gasteiger partial charge on any atom is 0.300 e. The zero-order valence-electron chi connectivity index (χ0n) is 19.6. The van der Waals surface area contributed by atoms with Crippen molar-refractivity contribution in [2.45, 2.75) is 32.9 Å². The molecule has 1 saturated heterocycles. The molecule has 1 aliphatic heterocycles. The van der Waals surface area contributed by atoms with Crippen molar-refractivity contribution in [3.05, 3.63) is 89.8 Å². The summed E-state index contributed by atoms with van der Waals surface area (Å²) in [5.74, 6) is -1.65. The lowest BCUT2D eigenvalue weighted by molar-refractivity contribution is -0.132. The van der Waals surface area contributed by atoms with Gasteiger partial charge in [0.25, 0.3) is 11.7 Å². The molecule has 2 amide bonds. The Bertz CT molecular complexity index is 1320. The molecule has 4 rings (SSSR count). The van der Waals surface area contributed by atoms with E-state index < -0.39 is 17.7 Å². The molecule has 1 aliphatic rings. The second-order valence-electron chi connectivity index (χ2n) is 8.38. The Kier molecular flexibility index (Phi) is 6.64. The summed E-state index contributed by atoms with van der Waals surface area (Å²) in [5, 5.41) is 14.0. The Morgan fingerprint density at radius 1 is 1.06 bits per heavy atom. The number of aromatic nitrogens is 1. The van der Waals surface area contributed by atoms with Crippen LogP contribution in [0, 0.1) is 0 Å². The second-order valence-corrected chi connectivity index (χ2v) is 8.38. The van der Waals surface area contributed by atoms with E-state index in [0.29, 0.717) is 28.3 Å². The molecular formula is C27H25N3O5. The number of aliphatic hydroxyl groups excluding tert-OH is 1. The van der Waals surface area contributed by atoms with Crippen molar-refractivity contribution in [2.75, 3.05) is 10.2 Å². The van der Waals surface area contributed by atoms with Gasteiger partial charge < -0.3 is 15.2 Å². The van der Waals surface area contributed by atoms with E-state index in [2.05, 4.69) is 10.3 Å². The molecule has 8 nitrogen and oxygen atoms in total. The average Bonchev–Trinajstić information content (AvgIpc) is 3.09. The fourth-order valence-electron chi connectivity index (χ4n) is 4.04. The van der Waals surface area contributed by atoms with Crippen LogP contribution in [0.5, 0.6) is 5.75 Å². The molecule has 0 aliphatic carbocycles. The number of carbonyl (C=O) groups excluding carboxylic acids is 3. The third kappa shape index (κ3) is 4.91. The molecule has 1 fully saturated rings. The predicted molar refractivity (Wildman–Crippen MR) is 132 cm³/mol. The van der Waals surface area contributed by atoms with Gasteiger partial charge in [-0.3, -0.25) is 24.3 Å². The number of pyridine rings is 1. The molecule has 2 aromatic carbocycles. The number of aliphatic hydroxyl groups is 1. The molecule has 2 heterocycles. The molecule has 1 unspecified atom stereocenters. The van der Waals surface area contributed by atoms with Crippen LogP contribution in [0.15, 0.2) is 78.6 Å². The van der Waals surface area contributed by atoms with Gasteiger partial charge in [-0.2, -0.15) is 0 Å². The van der Waals surface area contributed by atoms with Crippen molar-refractivity contribution in [3.63, 3.8) is 0 Å². The molecule has 0 spiro atoms. The molecule has 0 radical (unpaired) electrons. The van der Waals surface area contributed by atoms with E-state index in [1.807, 2.05) is 13.8 Å². The van der Waals surface area contributed by atoms with Gasteiger partial charge in [0, 0.05) is 36.3 Å². The summed E-state index contributed by atoms with van der Waals surface area (Å²) in [7, 11) is 0. The number of hydrogen-bond donors (Lipinski definition) is 2. The Balaban J connectivity index is 1.87. The normalized spacial score (nSPS) is 17.0. The van der Waals surface area contributed by atoms with E-state index in [4.69, 9.17) is 4.74 Å². The summed E-state index contributed by atoms with van der Waals surface area (Å²) in [6.07, 6.45) is 3.03. The number of ether oxygens (including phenoxy) is 1. The standard InChI is InChI=1S/C27H25N3O5/c1-16(2)35-22-9-4-6-19(14-22)25(32)23-24(18-10-12-28-13-11-18)30(27(34)26(23)33)21-8-5-7-20(15-21)29-17(3)31/h4-16,24,32H,1-3H3,(H,29,31)/b25-23+. The van der Waals surface area contributed by atoms with Crippen LogP contribution in [-0.4, -0.2) is 33.8 Å². The molecule has 0 saturated carbocycles. The number of hydrogen-bond acceptors (Lipinski definition) is 6. The number of carbonyl (C=O) groups is 3. The number of anilines is 2. The SMILES string of the molecule is CC(=O)Nc1cccc(N2C(=O)C(=O)/C(=C(/O)c3cccc(OC(C)C)c3)C2c2ccncc2)c1. The predicted octanol–water partition coefficient (Wildman–Crippen LogP) is 4.45. The van der Waals surface area contributed by atoms with Gasteiger partial charge in [0.2, 0.25) is 5.91 Å². The molecule has 35 heavy (non-hydrogen) atoms. The first-order valence-electron chi connectivity index (χ1n) is 11.1. The number of benzene rings is 2. The molecule has 178 valence electrons. The van der Waals surface area contributed by atoms with E-state index in [1.54, 1.807) is 73.1 Å². The van der Waals surface area contributed by atoms with Gasteiger partial charge in [-0.05, 0) is 61.9 Å². The first-order valence-corrected chi connectivity index (χ1v) is 11.1. The number of rotatable bonds is 6. The number of nitrogens with zero attached hydrogens (tertiary/aromatic N) is 2. The molecule has 1 atom stereocenters. The third-order valence-corrected chi connectivity index (χ3v) is 5.39. The van der Waals surface area contributed by atoms with Crippen LogP contribution in [0.25, 0.3) is 5.76 Å². The van der Waals surface area contributed by atoms with Crippen molar-refractivity contribution in [2.24, 2.45) is 0 Å². The monoisotopic (exact) mass is 471 g/mol. The van der Waals surface area contributed by atoms with Crippen LogP contribution >= 0.6 is 0 Å². The van der Waals surface area contributed by atoms with Crippen molar-refractivity contribution in [1.82, 2.24) is 4.98 Å². The zero-order chi connectivity index (χ0) is 25.1. The zero-order valence-corrected chi connectivity index (χ0v) is 19.6. The first-order chi connectivity index (χ1) is 16.8. The molecule has 8 heteroatoms. The fourth-order valence-corrected chi connectivity index (χ4v) is 4.04. The summed E-state index contributed by atoms with van der Waals surface area (Å²) >= 11 is 0. The largest absolute Gasteiger partial charge is 0.507 e. The van der Waals surface area contributed by atoms with E-state index >= 15 is 0 Å². The van der Waals surface area contributed by atoms with Crippen molar-refractivity contribution >= 4 is 34.7 Å². The van der Waals surface area contributed by atoms with Crippen LogP contribution in [0.4, 0.5) is 11.4 Å². The summed E-state index contributed by atoms with van der Waals surface area (Å²) in [6.45, 7) is 5.15. The maximum absolute atomic E-state index is 13.3. The van der Waals surface area contributed by atoms with Crippen LogP contribution in [0.2, 0.25) is 0 Å². The van der Waals surface area contributed by atoms with Crippen molar-refractivity contribution in [1.29, 1.82) is 0 Å². The van der Waals surface area contributed by atoms with Crippen LogP contribution < -0.4 is 15.0 Å². The minimum atomic E-state index is -0.903. The van der Waals surface area contributed by atoms with E-state index in [0.717, 1.165) is 0 Å². The van der Waals surface area contributed by atoms with Crippen molar-refractivity contribution < 1.29 is 24.2 Å². The highest BCUT2D eigenvalue weighted by molar-refractivity contribution is 6.51. The van der Waals surface area contributed by atoms with E-state index in [-0.39, 0.29) is 23.3 Å². The quantitative estimate of drug-likeness (QED) is 0.312. The summed E-state index contributed by atoms with van der Waals surface area (Å²) in [4.78, 5) is 43.5. The topological polar surface area (TPSA) is 109 Å². The lowest BCUT2D eigenvalue weighted by atomic mass is 9.95. The second kappa shape index (κ2) is 9.80. The highest BCUT2D eigenvalue weighted by Gasteiger charge is 2.47. The number of ketones is 1. The summed E-state index contributed by atoms with van der Waals surface area (Å²) < 4.78 is 5.72. The van der Waals surface area contributed by atoms with Crippen LogP contribution in [0.3, 0.4) is 0 Å². The smallest absolute Gasteiger partial charge is 0.300 e. The van der Waals surface area contributed by atoms with Gasteiger partial charge in [0.15, 0.2) is 0 Å². The highest BCUT2D eigenvalue weighted by Crippen LogP contribution is 2.42. The van der Waals surface area contributed by atoms with Crippen molar-refractivity contribution in [3.8, 4) is 5.75 Å². The van der Waals surface area contributed by atoms with Gasteiger partial charge >= 0.3 is 0 Å². The Hall–Kier alpha value is -4.46. The van der Waals surface area contributed by atoms with Gasteiger partial charge in [-0.1, -0.05) is 18.2 Å². The van der Waals surface area contributed by atoms with Crippen LogP contribution in [-0.2, 0) is 14.4 Å². The van der Waals surface area contributed by atoms with Gasteiger partial charge in [-0.15, -0.1) is 0 Å². The minimum Gasteiger partial charge on any atom is -0.507 e. The average molecular weight is 472 g/mol. The third-order valence-electron chi connectivity index (χ3n) is 5.39. The van der Waals surface area contributed by atoms with Gasteiger partial charge in [0.1, 0.15) is 11.5 Å². The molecule has 0 bridgehead atoms. The van der Waals surface area contributed by atoms with E-state index in [9.17, 15) is 19.5 Å². The maximum atomic E-state index is 13.3. The molecule has 2 N–H and O–H groups in total. The van der Waals surface area contributed by atoms with Crippen LogP contribution in [0.1, 0.15) is 37.9 Å². The number of amides is 2. The molecular weight excluding hydrogens is 446 g/mol. The molecule has 1 aromatic heterocycles. The number of nitrogens with one attached hydrogen (secondary N) is 1. The Morgan fingerprint density at radius 3 is 2.46 bits per heavy atom. The first kappa shape index (κ1) is 23.7. The van der Waals surface area contributed by atoms with Gasteiger partial charge in [-0.25, -0.2) is 0 Å². The number of Topliss-reactive ketones (excluding diaryl/α,β-unsaturated/α-hetero) is 1. The Labute approximate surface area is 202 Å². The summed E-state index contributed by atoms with van der Waals surface area (Å²) in [5.41, 5.74) is 1.78. The highest BCUT2D eigenvalue weighted by atomic mass is 16.5.